The van der Waals surface area contributed by atoms with Crippen molar-refractivity contribution in [3.63, 3.8) is 0 Å². The second kappa shape index (κ2) is 6.26. The number of carboxylic acid groups (broad SMARTS) is 1. The fourth-order valence-corrected chi connectivity index (χ4v) is 0.993. The molecule has 0 heterocycles. The number of ether oxygens (including phenoxy) is 1. The summed E-state index contributed by atoms with van der Waals surface area (Å²) in [5.41, 5.74) is 3.04. The summed E-state index contributed by atoms with van der Waals surface area (Å²) >= 11 is 0. The molecule has 0 saturated heterocycles. The van der Waals surface area contributed by atoms with Gasteiger partial charge in [-0.1, -0.05) is 0 Å². The predicted molar refractivity (Wildman–Crippen MR) is 61.0 cm³/mol. The first kappa shape index (κ1) is 12.7. The number of nitrogens with one attached hydrogen (secondary N) is 1. The van der Waals surface area contributed by atoms with Gasteiger partial charge in [-0.3, -0.25) is 4.79 Å². The first-order chi connectivity index (χ1) is 8.08. The Hall–Kier alpha value is -2.37. The molecule has 0 aliphatic carbocycles. The third-order valence-electron chi connectivity index (χ3n) is 1.68. The van der Waals surface area contributed by atoms with Crippen molar-refractivity contribution in [2.45, 2.75) is 6.92 Å². The molecule has 0 aromatic heterocycles. The lowest BCUT2D eigenvalue weighted by Crippen LogP contribution is -2.12. The van der Waals surface area contributed by atoms with E-state index in [-0.39, 0.29) is 12.5 Å². The predicted octanol–water partition coefficient (Wildman–Crippen LogP) is 0.620. The van der Waals surface area contributed by atoms with E-state index >= 15 is 0 Å². The van der Waals surface area contributed by atoms with Gasteiger partial charge in [0, 0.05) is 6.92 Å². The maximum Gasteiger partial charge on any atom is 0.341 e. The minimum atomic E-state index is -1.03. The van der Waals surface area contributed by atoms with Crippen molar-refractivity contribution in [3.8, 4) is 5.75 Å². The summed E-state index contributed by atoms with van der Waals surface area (Å²) in [6, 6.07) is 6.64. The molecule has 6 heteroatoms. The fraction of sp³-hybridized carbons (Fsp3) is 0.182. The second-order valence-corrected chi connectivity index (χ2v) is 3.18. The van der Waals surface area contributed by atoms with E-state index in [9.17, 15) is 9.59 Å². The number of amides is 1. The summed E-state index contributed by atoms with van der Waals surface area (Å²) in [5, 5.41) is 12.1. The van der Waals surface area contributed by atoms with Crippen molar-refractivity contribution in [2.24, 2.45) is 5.10 Å². The SMILES string of the molecule is CC(=O)N/N=C\c1ccc(OCC(=O)O)cc1. The Kier molecular flexibility index (Phi) is 4.68. The molecular weight excluding hydrogens is 224 g/mol. The van der Waals surface area contributed by atoms with E-state index in [2.05, 4.69) is 10.5 Å². The smallest absolute Gasteiger partial charge is 0.341 e. The summed E-state index contributed by atoms with van der Waals surface area (Å²) in [5.74, 6) is -0.812. The molecule has 17 heavy (non-hydrogen) atoms. The van der Waals surface area contributed by atoms with Crippen molar-refractivity contribution >= 4 is 18.1 Å². The lowest BCUT2D eigenvalue weighted by Gasteiger charge is -2.02. The molecule has 0 atom stereocenters. The number of carbonyl (C=O) groups is 2. The van der Waals surface area contributed by atoms with Gasteiger partial charge in [-0.15, -0.1) is 0 Å². The fourth-order valence-electron chi connectivity index (χ4n) is 0.993. The number of rotatable bonds is 5. The average molecular weight is 236 g/mol. The van der Waals surface area contributed by atoms with Gasteiger partial charge in [-0.2, -0.15) is 5.10 Å². The Bertz CT molecular complexity index is 426. The molecule has 90 valence electrons. The van der Waals surface area contributed by atoms with Gasteiger partial charge >= 0.3 is 5.97 Å². The molecule has 0 bridgehead atoms. The molecule has 0 radical (unpaired) electrons. The monoisotopic (exact) mass is 236 g/mol. The van der Waals surface area contributed by atoms with Gasteiger partial charge in [0.25, 0.3) is 0 Å². The zero-order chi connectivity index (χ0) is 12.7. The zero-order valence-electron chi connectivity index (χ0n) is 9.21. The number of carboxylic acids is 1. The molecule has 0 unspecified atom stereocenters. The Morgan fingerprint density at radius 3 is 2.59 bits per heavy atom. The second-order valence-electron chi connectivity index (χ2n) is 3.18. The van der Waals surface area contributed by atoms with Gasteiger partial charge in [0.05, 0.1) is 6.21 Å². The summed E-state index contributed by atoms with van der Waals surface area (Å²) in [6.07, 6.45) is 1.47. The molecule has 6 nitrogen and oxygen atoms in total. The van der Waals surface area contributed by atoms with Crippen LogP contribution in [0.15, 0.2) is 29.4 Å². The highest BCUT2D eigenvalue weighted by Crippen LogP contribution is 2.10. The maximum absolute atomic E-state index is 10.5. The lowest BCUT2D eigenvalue weighted by atomic mass is 10.2. The van der Waals surface area contributed by atoms with E-state index < -0.39 is 5.97 Å². The minimum absolute atomic E-state index is 0.248. The molecule has 0 aliphatic rings. The number of nitrogens with zero attached hydrogens (tertiary/aromatic N) is 1. The highest BCUT2D eigenvalue weighted by molar-refractivity contribution is 5.81. The molecule has 1 aromatic rings. The van der Waals surface area contributed by atoms with Gasteiger partial charge in [0.15, 0.2) is 6.61 Å². The van der Waals surface area contributed by atoms with Gasteiger partial charge in [-0.25, -0.2) is 10.2 Å². The summed E-state index contributed by atoms with van der Waals surface area (Å²) in [6.45, 7) is 0.986. The van der Waals surface area contributed by atoms with Crippen molar-refractivity contribution in [1.29, 1.82) is 0 Å². The van der Waals surface area contributed by atoms with Crippen molar-refractivity contribution in [1.82, 2.24) is 5.43 Å². The number of hydrogen-bond donors (Lipinski definition) is 2. The van der Waals surface area contributed by atoms with Crippen LogP contribution in [0.1, 0.15) is 12.5 Å². The van der Waals surface area contributed by atoms with Gasteiger partial charge in [-0.05, 0) is 29.8 Å². The number of carbonyl (C=O) groups excluding carboxylic acids is 1. The molecule has 0 spiro atoms. The van der Waals surface area contributed by atoms with Crippen LogP contribution in [0.3, 0.4) is 0 Å². The summed E-state index contributed by atoms with van der Waals surface area (Å²) < 4.78 is 4.95. The largest absolute Gasteiger partial charge is 0.482 e. The van der Waals surface area contributed by atoms with E-state index in [0.29, 0.717) is 5.75 Å². The topological polar surface area (TPSA) is 88.0 Å². The average Bonchev–Trinajstić information content (AvgIpc) is 2.27. The van der Waals surface area contributed by atoms with Crippen molar-refractivity contribution < 1.29 is 19.4 Å². The van der Waals surface area contributed by atoms with Crippen LogP contribution in [-0.4, -0.2) is 29.8 Å². The van der Waals surface area contributed by atoms with E-state index in [0.717, 1.165) is 5.56 Å². The van der Waals surface area contributed by atoms with Crippen LogP contribution >= 0.6 is 0 Å². The Morgan fingerprint density at radius 2 is 2.06 bits per heavy atom. The van der Waals surface area contributed by atoms with Gasteiger partial charge in [0.1, 0.15) is 5.75 Å². The highest BCUT2D eigenvalue weighted by Gasteiger charge is 1.98. The maximum atomic E-state index is 10.5. The van der Waals surface area contributed by atoms with E-state index in [4.69, 9.17) is 9.84 Å². The molecule has 1 amide bonds. The molecule has 0 saturated carbocycles. The minimum Gasteiger partial charge on any atom is -0.482 e. The Balaban J connectivity index is 2.52. The van der Waals surface area contributed by atoms with Crippen LogP contribution in [0.4, 0.5) is 0 Å². The summed E-state index contributed by atoms with van der Waals surface area (Å²) in [7, 11) is 0. The van der Waals surface area contributed by atoms with Gasteiger partial charge in [0.2, 0.25) is 5.91 Å². The Labute approximate surface area is 97.9 Å². The quantitative estimate of drug-likeness (QED) is 0.579. The van der Waals surface area contributed by atoms with Crippen LogP contribution in [0.25, 0.3) is 0 Å². The summed E-state index contributed by atoms with van der Waals surface area (Å²) in [4.78, 5) is 20.8. The Morgan fingerprint density at radius 1 is 1.41 bits per heavy atom. The number of hydrazone groups is 1. The van der Waals surface area contributed by atoms with E-state index in [1.165, 1.54) is 13.1 Å². The molecule has 1 rings (SSSR count). The van der Waals surface area contributed by atoms with Crippen LogP contribution in [-0.2, 0) is 9.59 Å². The third-order valence-corrected chi connectivity index (χ3v) is 1.68. The van der Waals surface area contributed by atoms with Gasteiger partial charge < -0.3 is 9.84 Å². The first-order valence-electron chi connectivity index (χ1n) is 4.82. The molecule has 2 N–H and O–H groups in total. The third kappa shape index (κ3) is 5.31. The zero-order valence-corrected chi connectivity index (χ0v) is 9.21. The first-order valence-corrected chi connectivity index (χ1v) is 4.82. The van der Waals surface area contributed by atoms with Crippen molar-refractivity contribution in [2.75, 3.05) is 6.61 Å². The number of benzene rings is 1. The highest BCUT2D eigenvalue weighted by atomic mass is 16.5. The van der Waals surface area contributed by atoms with Crippen LogP contribution in [0.5, 0.6) is 5.75 Å². The molecule has 0 aliphatic heterocycles. The number of aliphatic carboxylic acids is 1. The molecule has 0 fully saturated rings. The van der Waals surface area contributed by atoms with E-state index in [1.807, 2.05) is 0 Å². The van der Waals surface area contributed by atoms with Crippen LogP contribution in [0, 0.1) is 0 Å². The molecule has 1 aromatic carbocycles. The van der Waals surface area contributed by atoms with Crippen LogP contribution in [0.2, 0.25) is 0 Å². The lowest BCUT2D eigenvalue weighted by molar-refractivity contribution is -0.139. The van der Waals surface area contributed by atoms with E-state index in [1.54, 1.807) is 24.3 Å². The molecular formula is C11H12N2O4. The van der Waals surface area contributed by atoms with Crippen LogP contribution < -0.4 is 10.2 Å². The number of hydrogen-bond acceptors (Lipinski definition) is 4. The van der Waals surface area contributed by atoms with Crippen molar-refractivity contribution in [3.05, 3.63) is 29.8 Å². The normalized spacial score (nSPS) is 10.2. The standard InChI is InChI=1S/C11H12N2O4/c1-8(14)13-12-6-9-2-4-10(5-3-9)17-7-11(15)16/h2-6H,7H2,1H3,(H,13,14)(H,15,16)/b12-6-.